The lowest BCUT2D eigenvalue weighted by Crippen LogP contribution is -2.40. The van der Waals surface area contributed by atoms with Crippen molar-refractivity contribution in [3.05, 3.63) is 46.2 Å². The van der Waals surface area contributed by atoms with Crippen LogP contribution in [0.4, 0.5) is 16.2 Å². The van der Waals surface area contributed by atoms with E-state index in [4.69, 9.17) is 0 Å². The number of nitrogens with one attached hydrogen (secondary N) is 2. The molecule has 0 spiro atoms. The average Bonchev–Trinajstić information content (AvgIpc) is 3.09. The van der Waals surface area contributed by atoms with E-state index < -0.39 is 5.60 Å². The summed E-state index contributed by atoms with van der Waals surface area (Å²) in [5.74, 6) is 0. The zero-order chi connectivity index (χ0) is 17.2. The Kier molecular flexibility index (Phi) is 4.78. The molecule has 1 aliphatic heterocycles. The molecule has 24 heavy (non-hydrogen) atoms. The van der Waals surface area contributed by atoms with Crippen LogP contribution in [0.5, 0.6) is 0 Å². The molecule has 3 N–H and O–H groups in total. The van der Waals surface area contributed by atoms with Crippen molar-refractivity contribution in [2.24, 2.45) is 0 Å². The summed E-state index contributed by atoms with van der Waals surface area (Å²) in [5, 5.41) is 17.9. The number of aliphatic hydroxyl groups is 1. The second kappa shape index (κ2) is 6.83. The van der Waals surface area contributed by atoms with Crippen LogP contribution in [-0.4, -0.2) is 31.3 Å². The summed E-state index contributed by atoms with van der Waals surface area (Å²) in [6.07, 6.45) is 2.16. The first-order valence-electron chi connectivity index (χ1n) is 8.11. The molecule has 0 saturated carbocycles. The van der Waals surface area contributed by atoms with Crippen LogP contribution in [0, 0.1) is 0 Å². The van der Waals surface area contributed by atoms with E-state index in [2.05, 4.69) is 22.6 Å². The normalized spacial score (nSPS) is 16.2. The molecule has 0 fully saturated rings. The number of fused-ring (bicyclic) bond motifs is 1. The van der Waals surface area contributed by atoms with Crippen molar-refractivity contribution in [1.29, 1.82) is 0 Å². The number of aryl methyl sites for hydroxylation is 1. The number of carbonyl (C=O) groups is 1. The van der Waals surface area contributed by atoms with Crippen molar-refractivity contribution < 1.29 is 9.90 Å². The molecule has 128 valence electrons. The summed E-state index contributed by atoms with van der Waals surface area (Å²) in [4.78, 5) is 15.2. The van der Waals surface area contributed by atoms with E-state index in [1.165, 1.54) is 22.6 Å². The molecule has 1 aromatic carbocycles. The first kappa shape index (κ1) is 16.8. The van der Waals surface area contributed by atoms with Crippen molar-refractivity contribution in [3.8, 4) is 0 Å². The predicted molar refractivity (Wildman–Crippen MR) is 98.9 cm³/mol. The Morgan fingerprint density at radius 1 is 1.42 bits per heavy atom. The van der Waals surface area contributed by atoms with Crippen molar-refractivity contribution in [2.45, 2.75) is 25.4 Å². The van der Waals surface area contributed by atoms with Gasteiger partial charge in [-0.15, -0.1) is 11.3 Å². The number of nitrogens with zero attached hydrogens (tertiary/aromatic N) is 1. The third-order valence-electron chi connectivity index (χ3n) is 4.33. The Hall–Kier alpha value is -2.05. The largest absolute Gasteiger partial charge is 0.383 e. The quantitative estimate of drug-likeness (QED) is 0.797. The second-order valence-corrected chi connectivity index (χ2v) is 7.38. The summed E-state index contributed by atoms with van der Waals surface area (Å²) in [6.45, 7) is 2.93. The molecule has 1 aliphatic rings. The topological polar surface area (TPSA) is 64.6 Å². The number of benzene rings is 1. The Labute approximate surface area is 146 Å². The first-order chi connectivity index (χ1) is 11.5. The standard InChI is InChI=1S/C18H23N3O2S/c1-18(23,16-6-4-10-24-16)12-19-17(22)20-14-7-8-15-13(11-14)5-3-9-21(15)2/h4,6-8,10-11,23H,3,5,9,12H2,1-2H3,(H2,19,20,22)/t18-/m1/s1. The molecule has 1 atom stereocenters. The van der Waals surface area contributed by atoms with Crippen molar-refractivity contribution in [3.63, 3.8) is 0 Å². The highest BCUT2D eigenvalue weighted by Gasteiger charge is 2.25. The minimum Gasteiger partial charge on any atom is -0.383 e. The molecule has 2 amide bonds. The summed E-state index contributed by atoms with van der Waals surface area (Å²) < 4.78 is 0. The van der Waals surface area contributed by atoms with Gasteiger partial charge in [0.1, 0.15) is 5.60 Å². The van der Waals surface area contributed by atoms with E-state index >= 15 is 0 Å². The highest BCUT2D eigenvalue weighted by atomic mass is 32.1. The average molecular weight is 345 g/mol. The maximum Gasteiger partial charge on any atom is 0.319 e. The van der Waals surface area contributed by atoms with E-state index in [0.717, 1.165) is 30.0 Å². The number of hydrogen-bond donors (Lipinski definition) is 3. The number of rotatable bonds is 4. The number of anilines is 2. The number of amides is 2. The number of hydrogen-bond acceptors (Lipinski definition) is 4. The smallest absolute Gasteiger partial charge is 0.319 e. The highest BCUT2D eigenvalue weighted by molar-refractivity contribution is 7.10. The summed E-state index contributed by atoms with van der Waals surface area (Å²) in [6, 6.07) is 9.44. The van der Waals surface area contributed by atoms with Crippen LogP contribution in [0.3, 0.4) is 0 Å². The van der Waals surface area contributed by atoms with E-state index in [-0.39, 0.29) is 12.6 Å². The summed E-state index contributed by atoms with van der Waals surface area (Å²) in [5.41, 5.74) is 2.20. The lowest BCUT2D eigenvalue weighted by molar-refractivity contribution is 0.0637. The van der Waals surface area contributed by atoms with Gasteiger partial charge in [-0.25, -0.2) is 4.79 Å². The van der Waals surface area contributed by atoms with Gasteiger partial charge in [-0.3, -0.25) is 0 Å². The number of urea groups is 1. The molecule has 2 heterocycles. The molecular weight excluding hydrogens is 322 g/mol. The Morgan fingerprint density at radius 3 is 3.00 bits per heavy atom. The van der Waals surface area contributed by atoms with Gasteiger partial charge in [0, 0.05) is 29.8 Å². The summed E-state index contributed by atoms with van der Waals surface area (Å²) in [7, 11) is 2.09. The molecule has 1 aromatic heterocycles. The van der Waals surface area contributed by atoms with Gasteiger partial charge in [-0.05, 0) is 55.0 Å². The van der Waals surface area contributed by atoms with Gasteiger partial charge < -0.3 is 20.6 Å². The Morgan fingerprint density at radius 2 is 2.25 bits per heavy atom. The third kappa shape index (κ3) is 3.71. The van der Waals surface area contributed by atoms with Crippen LogP contribution in [0.15, 0.2) is 35.7 Å². The number of carbonyl (C=O) groups excluding carboxylic acids is 1. The zero-order valence-corrected chi connectivity index (χ0v) is 14.8. The van der Waals surface area contributed by atoms with E-state index in [1.54, 1.807) is 6.92 Å². The van der Waals surface area contributed by atoms with Crippen molar-refractivity contribution in [2.75, 3.05) is 30.4 Å². The lowest BCUT2D eigenvalue weighted by Gasteiger charge is -2.28. The fourth-order valence-corrected chi connectivity index (χ4v) is 3.75. The maximum atomic E-state index is 12.1. The molecule has 0 unspecified atom stereocenters. The molecule has 2 aromatic rings. The van der Waals surface area contributed by atoms with E-state index in [0.29, 0.717) is 0 Å². The molecule has 0 aliphatic carbocycles. The maximum absolute atomic E-state index is 12.1. The summed E-state index contributed by atoms with van der Waals surface area (Å²) >= 11 is 1.47. The van der Waals surface area contributed by atoms with Gasteiger partial charge in [-0.2, -0.15) is 0 Å². The van der Waals surface area contributed by atoms with Gasteiger partial charge in [0.05, 0.1) is 6.54 Å². The Balaban J connectivity index is 1.59. The monoisotopic (exact) mass is 345 g/mol. The van der Waals surface area contributed by atoms with Crippen molar-refractivity contribution in [1.82, 2.24) is 5.32 Å². The van der Waals surface area contributed by atoms with Crippen LogP contribution in [0.2, 0.25) is 0 Å². The minimum absolute atomic E-state index is 0.160. The zero-order valence-electron chi connectivity index (χ0n) is 14.0. The van der Waals surface area contributed by atoms with Gasteiger partial charge in [0.2, 0.25) is 0 Å². The molecule has 3 rings (SSSR count). The van der Waals surface area contributed by atoms with Crippen LogP contribution in [0.1, 0.15) is 23.8 Å². The van der Waals surface area contributed by atoms with Gasteiger partial charge in [-0.1, -0.05) is 6.07 Å². The molecular formula is C18H23N3O2S. The van der Waals surface area contributed by atoms with E-state index in [1.807, 2.05) is 35.7 Å². The minimum atomic E-state index is -1.07. The fraction of sp³-hybridized carbons (Fsp3) is 0.389. The second-order valence-electron chi connectivity index (χ2n) is 6.43. The van der Waals surface area contributed by atoms with Crippen LogP contribution in [-0.2, 0) is 12.0 Å². The van der Waals surface area contributed by atoms with Crippen LogP contribution in [0.25, 0.3) is 0 Å². The van der Waals surface area contributed by atoms with Gasteiger partial charge in [0.25, 0.3) is 0 Å². The van der Waals surface area contributed by atoms with Gasteiger partial charge in [0.15, 0.2) is 0 Å². The Bertz CT molecular complexity index is 713. The molecule has 5 nitrogen and oxygen atoms in total. The van der Waals surface area contributed by atoms with Gasteiger partial charge >= 0.3 is 6.03 Å². The predicted octanol–water partition coefficient (Wildman–Crippen LogP) is 3.16. The van der Waals surface area contributed by atoms with Crippen LogP contribution < -0.4 is 15.5 Å². The van der Waals surface area contributed by atoms with Crippen LogP contribution >= 0.6 is 11.3 Å². The van der Waals surface area contributed by atoms with E-state index in [9.17, 15) is 9.90 Å². The fourth-order valence-electron chi connectivity index (χ4n) is 2.96. The number of thiophene rings is 1. The third-order valence-corrected chi connectivity index (χ3v) is 5.46. The lowest BCUT2D eigenvalue weighted by atomic mass is 10.0. The molecule has 0 radical (unpaired) electrons. The highest BCUT2D eigenvalue weighted by Crippen LogP contribution is 2.28. The molecule has 0 saturated heterocycles. The van der Waals surface area contributed by atoms with Crippen molar-refractivity contribution >= 4 is 28.7 Å². The molecule has 6 heteroatoms. The SMILES string of the molecule is CN1CCCc2cc(NC(=O)NC[C@@](C)(O)c3cccs3)ccc21. The first-order valence-corrected chi connectivity index (χ1v) is 8.99. The molecule has 0 bridgehead atoms.